The summed E-state index contributed by atoms with van der Waals surface area (Å²) in [5, 5.41) is 21.7. The maximum Gasteiger partial charge on any atom is 0.210 e. The Morgan fingerprint density at radius 2 is 2.00 bits per heavy atom. The minimum Gasteiger partial charge on any atom is -0.330 e. The lowest BCUT2D eigenvalue weighted by atomic mass is 10.2. The van der Waals surface area contributed by atoms with Crippen LogP contribution in [0.25, 0.3) is 0 Å². The van der Waals surface area contributed by atoms with Crippen molar-refractivity contribution in [3.8, 4) is 6.07 Å². The van der Waals surface area contributed by atoms with Gasteiger partial charge in [-0.2, -0.15) is 5.26 Å². The molecule has 0 unspecified atom stereocenters. The van der Waals surface area contributed by atoms with Crippen molar-refractivity contribution >= 4 is 45.5 Å². The number of aromatic nitrogens is 2. The van der Waals surface area contributed by atoms with E-state index < -0.39 is 0 Å². The molecule has 7 heteroatoms. The largest absolute Gasteiger partial charge is 0.330 e. The second-order valence-corrected chi connectivity index (χ2v) is 7.24. The van der Waals surface area contributed by atoms with E-state index >= 15 is 0 Å². The molecule has 0 fully saturated rings. The Balaban J connectivity index is 1.59. The zero-order valence-corrected chi connectivity index (χ0v) is 14.3. The number of thioether (sulfide) groups is 1. The lowest BCUT2D eigenvalue weighted by Crippen LogP contribution is -1.88. The number of nitrogens with one attached hydrogen (secondary N) is 1. The third-order valence-electron chi connectivity index (χ3n) is 2.93. The van der Waals surface area contributed by atoms with E-state index in [-0.39, 0.29) is 0 Å². The van der Waals surface area contributed by atoms with Gasteiger partial charge in [0, 0.05) is 16.5 Å². The molecule has 0 saturated carbocycles. The molecule has 1 N–H and O–H groups in total. The van der Waals surface area contributed by atoms with Gasteiger partial charge in [0.25, 0.3) is 0 Å². The fraction of sp³-hybridized carbons (Fsp3) is 0.0625. The second-order valence-electron chi connectivity index (χ2n) is 4.61. The molecule has 0 spiro atoms. The summed E-state index contributed by atoms with van der Waals surface area (Å²) in [5.74, 6) is 0.789. The first kappa shape index (κ1) is 15.8. The molecule has 0 atom stereocenters. The van der Waals surface area contributed by atoms with Crippen LogP contribution < -0.4 is 5.32 Å². The maximum absolute atomic E-state index is 8.79. The Kier molecular flexibility index (Phi) is 5.13. The minimum absolute atomic E-state index is 0.669. The topological polar surface area (TPSA) is 61.6 Å². The third-order valence-corrected chi connectivity index (χ3v) is 5.21. The summed E-state index contributed by atoms with van der Waals surface area (Å²) in [7, 11) is 0. The van der Waals surface area contributed by atoms with Crippen LogP contribution >= 0.6 is 34.7 Å². The molecule has 0 bridgehead atoms. The Morgan fingerprint density at radius 3 is 2.74 bits per heavy atom. The predicted molar refractivity (Wildman–Crippen MR) is 95.4 cm³/mol. The highest BCUT2D eigenvalue weighted by molar-refractivity contribution is 8.00. The van der Waals surface area contributed by atoms with Crippen molar-refractivity contribution in [3.05, 3.63) is 64.7 Å². The molecule has 0 amide bonds. The number of nitrogens with zero attached hydrogens (tertiary/aromatic N) is 3. The van der Waals surface area contributed by atoms with Crippen molar-refractivity contribution in [1.82, 2.24) is 10.2 Å². The zero-order valence-electron chi connectivity index (χ0n) is 11.9. The van der Waals surface area contributed by atoms with Gasteiger partial charge in [-0.15, -0.1) is 10.2 Å². The van der Waals surface area contributed by atoms with E-state index in [1.807, 2.05) is 48.5 Å². The summed E-state index contributed by atoms with van der Waals surface area (Å²) in [5.41, 5.74) is 2.70. The fourth-order valence-electron chi connectivity index (χ4n) is 1.83. The minimum atomic E-state index is 0.669. The molecule has 4 nitrogen and oxygen atoms in total. The Bertz CT molecular complexity index is 840. The average Bonchev–Trinajstić information content (AvgIpc) is 3.01. The molecule has 0 aliphatic rings. The van der Waals surface area contributed by atoms with Gasteiger partial charge in [-0.05, 0) is 35.9 Å². The molecule has 23 heavy (non-hydrogen) atoms. The van der Waals surface area contributed by atoms with Crippen molar-refractivity contribution in [1.29, 1.82) is 5.26 Å². The van der Waals surface area contributed by atoms with Gasteiger partial charge < -0.3 is 5.32 Å². The first-order valence-corrected chi connectivity index (χ1v) is 8.89. The second kappa shape index (κ2) is 7.47. The molecule has 0 aliphatic heterocycles. The maximum atomic E-state index is 8.79. The average molecular weight is 359 g/mol. The van der Waals surface area contributed by atoms with E-state index in [0.717, 1.165) is 26.5 Å². The third kappa shape index (κ3) is 4.45. The van der Waals surface area contributed by atoms with Crippen LogP contribution in [0.4, 0.5) is 10.8 Å². The molecular weight excluding hydrogens is 348 g/mol. The highest BCUT2D eigenvalue weighted by Gasteiger charge is 2.06. The smallest absolute Gasteiger partial charge is 0.210 e. The van der Waals surface area contributed by atoms with Crippen LogP contribution in [0.1, 0.15) is 11.1 Å². The molecule has 114 valence electrons. The van der Waals surface area contributed by atoms with Gasteiger partial charge in [-0.1, -0.05) is 52.9 Å². The monoisotopic (exact) mass is 358 g/mol. The summed E-state index contributed by atoms with van der Waals surface area (Å²) in [6.45, 7) is 0. The molecule has 0 radical (unpaired) electrons. The van der Waals surface area contributed by atoms with Gasteiger partial charge in [0.1, 0.15) is 0 Å². The van der Waals surface area contributed by atoms with Crippen LogP contribution in [0.3, 0.4) is 0 Å². The van der Waals surface area contributed by atoms with Gasteiger partial charge in [0.15, 0.2) is 4.34 Å². The highest BCUT2D eigenvalue weighted by Crippen LogP contribution is 2.30. The van der Waals surface area contributed by atoms with Gasteiger partial charge >= 0.3 is 0 Å². The molecule has 1 aromatic heterocycles. The van der Waals surface area contributed by atoms with Crippen LogP contribution in [-0.4, -0.2) is 10.2 Å². The number of halogens is 1. The van der Waals surface area contributed by atoms with Gasteiger partial charge in [0.05, 0.1) is 11.6 Å². The molecular formula is C16H11ClN4S2. The number of anilines is 2. The summed E-state index contributed by atoms with van der Waals surface area (Å²) >= 11 is 9.07. The summed E-state index contributed by atoms with van der Waals surface area (Å²) in [6.07, 6.45) is 0. The summed E-state index contributed by atoms with van der Waals surface area (Å²) in [4.78, 5) is 0. The van der Waals surface area contributed by atoms with E-state index in [2.05, 4.69) is 21.6 Å². The Labute approximate surface area is 147 Å². The lowest BCUT2D eigenvalue weighted by Gasteiger charge is -2.01. The summed E-state index contributed by atoms with van der Waals surface area (Å²) < 4.78 is 0.888. The van der Waals surface area contributed by atoms with Crippen LogP contribution in [0.5, 0.6) is 0 Å². The van der Waals surface area contributed by atoms with Crippen molar-refractivity contribution in [3.63, 3.8) is 0 Å². The van der Waals surface area contributed by atoms with E-state index in [1.54, 1.807) is 11.8 Å². The molecule has 2 aromatic carbocycles. The van der Waals surface area contributed by atoms with Crippen LogP contribution in [0.2, 0.25) is 5.02 Å². The quantitative estimate of drug-likeness (QED) is 0.643. The van der Waals surface area contributed by atoms with Gasteiger partial charge in [-0.3, -0.25) is 0 Å². The van der Waals surface area contributed by atoms with E-state index in [0.29, 0.717) is 10.6 Å². The number of benzene rings is 2. The molecule has 3 aromatic rings. The molecule has 0 aliphatic carbocycles. The highest BCUT2D eigenvalue weighted by atomic mass is 35.5. The molecule has 0 saturated heterocycles. The van der Waals surface area contributed by atoms with Crippen molar-refractivity contribution < 1.29 is 0 Å². The normalized spacial score (nSPS) is 10.3. The predicted octanol–water partition coefficient (Wildman–Crippen LogP) is 5.10. The van der Waals surface area contributed by atoms with E-state index in [1.165, 1.54) is 11.3 Å². The van der Waals surface area contributed by atoms with E-state index in [9.17, 15) is 0 Å². The number of nitriles is 1. The number of hydrogen-bond donors (Lipinski definition) is 1. The van der Waals surface area contributed by atoms with Crippen molar-refractivity contribution in [2.24, 2.45) is 0 Å². The summed E-state index contributed by atoms with van der Waals surface area (Å²) in [6, 6.07) is 17.1. The molecule has 3 rings (SSSR count). The Morgan fingerprint density at radius 1 is 1.17 bits per heavy atom. The number of rotatable bonds is 5. The van der Waals surface area contributed by atoms with Crippen molar-refractivity contribution in [2.45, 2.75) is 10.1 Å². The first-order valence-electron chi connectivity index (χ1n) is 6.71. The van der Waals surface area contributed by atoms with Crippen molar-refractivity contribution in [2.75, 3.05) is 5.32 Å². The SMILES string of the molecule is N#Cc1ccc(CSc2nnc(Nc3cccc(Cl)c3)s2)cc1. The van der Waals surface area contributed by atoms with Crippen LogP contribution in [-0.2, 0) is 5.75 Å². The lowest BCUT2D eigenvalue weighted by molar-refractivity contribution is 1.01. The standard InChI is InChI=1S/C16H11ClN4S2/c17-13-2-1-3-14(8-13)19-15-20-21-16(23-15)22-10-12-6-4-11(9-18)5-7-12/h1-8H,10H2,(H,19,20). The number of hydrogen-bond acceptors (Lipinski definition) is 6. The van der Waals surface area contributed by atoms with Crippen LogP contribution in [0.15, 0.2) is 52.9 Å². The first-order chi connectivity index (χ1) is 11.2. The molecule has 1 heterocycles. The van der Waals surface area contributed by atoms with Crippen LogP contribution in [0, 0.1) is 11.3 Å². The van der Waals surface area contributed by atoms with Gasteiger partial charge in [-0.25, -0.2) is 0 Å². The van der Waals surface area contributed by atoms with Gasteiger partial charge in [0.2, 0.25) is 5.13 Å². The Hall–Kier alpha value is -2.07. The fourth-order valence-corrected chi connectivity index (χ4v) is 3.75. The zero-order chi connectivity index (χ0) is 16.1. The van der Waals surface area contributed by atoms with E-state index in [4.69, 9.17) is 16.9 Å².